The zero-order chi connectivity index (χ0) is 12.4. The molecule has 0 radical (unpaired) electrons. The van der Waals surface area contributed by atoms with Gasteiger partial charge in [-0.05, 0) is 12.1 Å². The summed E-state index contributed by atoms with van der Waals surface area (Å²) in [5.41, 5.74) is 4.33. The second-order valence-electron chi connectivity index (χ2n) is 4.63. The van der Waals surface area contributed by atoms with E-state index < -0.39 is 0 Å². The summed E-state index contributed by atoms with van der Waals surface area (Å²) in [7, 11) is 0. The Morgan fingerprint density at radius 1 is 1.16 bits per heavy atom. The normalized spacial score (nSPS) is 13.1. The van der Waals surface area contributed by atoms with Crippen molar-refractivity contribution in [3.05, 3.63) is 42.5 Å². The molecule has 0 atom stereocenters. The van der Waals surface area contributed by atoms with Crippen LogP contribution in [0.4, 0.5) is 0 Å². The van der Waals surface area contributed by atoms with E-state index in [0.29, 0.717) is 0 Å². The number of thiazole rings is 1. The Balaban J connectivity index is 1.93. The molecule has 4 nitrogen and oxygen atoms in total. The van der Waals surface area contributed by atoms with Crippen LogP contribution in [0.25, 0.3) is 32.0 Å². The Bertz CT molecular complexity index is 954. The van der Waals surface area contributed by atoms with Crippen LogP contribution in [-0.4, -0.2) is 9.97 Å². The molecule has 0 saturated heterocycles. The summed E-state index contributed by atoms with van der Waals surface area (Å²) in [6.45, 7) is 0.839. The van der Waals surface area contributed by atoms with E-state index in [9.17, 15) is 0 Å². The van der Waals surface area contributed by atoms with Gasteiger partial charge in [-0.3, -0.25) is 9.97 Å². The van der Waals surface area contributed by atoms with Crippen molar-refractivity contribution in [1.82, 2.24) is 9.97 Å². The van der Waals surface area contributed by atoms with Crippen LogP contribution in [0.15, 0.2) is 41.3 Å². The first-order valence-corrected chi connectivity index (χ1v) is 6.85. The van der Waals surface area contributed by atoms with Gasteiger partial charge in [0, 0.05) is 24.0 Å². The van der Waals surface area contributed by atoms with E-state index in [1.165, 1.54) is 20.8 Å². The predicted molar refractivity (Wildman–Crippen MR) is 71.9 cm³/mol. The van der Waals surface area contributed by atoms with Crippen LogP contribution in [0.3, 0.4) is 0 Å². The van der Waals surface area contributed by atoms with Crippen LogP contribution in [0, 0.1) is 0 Å². The third-order valence-corrected chi connectivity index (χ3v) is 4.81. The average molecular weight is 266 g/mol. The smallest absolute Gasteiger partial charge is 0.393 e. The quantitative estimate of drug-likeness (QED) is 0.405. The second-order valence-corrected chi connectivity index (χ2v) is 5.63. The number of pyridine rings is 2. The number of furan rings is 1. The van der Waals surface area contributed by atoms with Crippen LogP contribution in [0.1, 0.15) is 5.56 Å². The molecule has 5 heteroatoms. The van der Waals surface area contributed by atoms with Gasteiger partial charge >= 0.3 is 5.71 Å². The lowest BCUT2D eigenvalue weighted by Gasteiger charge is -1.88. The molecule has 0 spiro atoms. The first-order chi connectivity index (χ1) is 9.42. The van der Waals surface area contributed by atoms with Gasteiger partial charge in [0.1, 0.15) is 0 Å². The summed E-state index contributed by atoms with van der Waals surface area (Å²) in [5, 5.41) is 2.40. The number of aromatic nitrogens is 3. The molecule has 0 N–H and O–H groups in total. The van der Waals surface area contributed by atoms with Gasteiger partial charge in [-0.1, -0.05) is 11.3 Å². The van der Waals surface area contributed by atoms with E-state index in [4.69, 9.17) is 4.42 Å². The maximum Gasteiger partial charge on any atom is 0.393 e. The Labute approximate surface area is 112 Å². The van der Waals surface area contributed by atoms with Gasteiger partial charge in [-0.25, -0.2) is 0 Å². The van der Waals surface area contributed by atoms with E-state index in [2.05, 4.69) is 20.6 Å². The van der Waals surface area contributed by atoms with Crippen LogP contribution in [0.5, 0.6) is 0 Å². The standard InChI is InChI=1S/C14H8N3OS/c1-3-15-5-8-7-17-13-12(19-14(17)9(1)8)10-2-4-16-6-11(10)18-13/h1-6H,7H2/q+1. The van der Waals surface area contributed by atoms with E-state index in [0.717, 1.165) is 23.2 Å². The largest absolute Gasteiger partial charge is 0.402 e. The average Bonchev–Trinajstić information content (AvgIpc) is 3.07. The molecule has 0 saturated carbocycles. The highest BCUT2D eigenvalue weighted by Crippen LogP contribution is 2.39. The Hall–Kier alpha value is -2.27. The van der Waals surface area contributed by atoms with Gasteiger partial charge in [0.15, 0.2) is 16.8 Å². The molecule has 1 aliphatic heterocycles. The molecule has 0 amide bonds. The molecule has 1 aliphatic rings. The van der Waals surface area contributed by atoms with E-state index in [1.54, 1.807) is 17.5 Å². The fourth-order valence-corrected chi connectivity index (χ4v) is 3.99. The molecule has 5 heterocycles. The highest BCUT2D eigenvalue weighted by Gasteiger charge is 2.34. The molecule has 4 aromatic heterocycles. The van der Waals surface area contributed by atoms with E-state index >= 15 is 0 Å². The maximum atomic E-state index is 5.96. The van der Waals surface area contributed by atoms with Gasteiger partial charge in [-0.2, -0.15) is 0 Å². The molecule has 0 unspecified atom stereocenters. The van der Waals surface area contributed by atoms with Crippen LogP contribution in [0.2, 0.25) is 0 Å². The number of nitrogens with zero attached hydrogens (tertiary/aromatic N) is 3. The summed E-state index contributed by atoms with van der Waals surface area (Å²) in [6.07, 6.45) is 7.37. The summed E-state index contributed by atoms with van der Waals surface area (Å²) in [6, 6.07) is 4.09. The molecule has 0 aliphatic carbocycles. The van der Waals surface area contributed by atoms with Crippen molar-refractivity contribution in [2.75, 3.05) is 0 Å². The van der Waals surface area contributed by atoms with Gasteiger partial charge in [0.05, 0.1) is 17.3 Å². The summed E-state index contributed by atoms with van der Waals surface area (Å²) >= 11 is 1.78. The van der Waals surface area contributed by atoms with Crippen LogP contribution < -0.4 is 4.57 Å². The molecule has 5 rings (SSSR count). The molecule has 0 aromatic carbocycles. The first kappa shape index (κ1) is 9.63. The van der Waals surface area contributed by atoms with Crippen molar-refractivity contribution < 1.29 is 8.98 Å². The lowest BCUT2D eigenvalue weighted by molar-refractivity contribution is -0.648. The fourth-order valence-electron chi connectivity index (χ4n) is 2.71. The van der Waals surface area contributed by atoms with Crippen LogP contribution in [-0.2, 0) is 6.54 Å². The minimum absolute atomic E-state index is 0.839. The molecule has 4 aromatic rings. The third-order valence-electron chi connectivity index (χ3n) is 3.58. The van der Waals surface area contributed by atoms with E-state index in [-0.39, 0.29) is 0 Å². The molecule has 19 heavy (non-hydrogen) atoms. The highest BCUT2D eigenvalue weighted by atomic mass is 32.1. The topological polar surface area (TPSA) is 42.8 Å². The first-order valence-electron chi connectivity index (χ1n) is 6.04. The van der Waals surface area contributed by atoms with Crippen molar-refractivity contribution >= 4 is 32.7 Å². The third kappa shape index (κ3) is 1.11. The summed E-state index contributed by atoms with van der Waals surface area (Å²) in [4.78, 5) is 8.30. The summed E-state index contributed by atoms with van der Waals surface area (Å²) in [5.74, 6) is 0. The van der Waals surface area contributed by atoms with Crippen molar-refractivity contribution in [2.45, 2.75) is 6.54 Å². The molecule has 90 valence electrons. The van der Waals surface area contributed by atoms with Gasteiger partial charge in [0.25, 0.3) is 5.01 Å². The minimum Gasteiger partial charge on any atom is -0.402 e. The zero-order valence-corrected chi connectivity index (χ0v) is 10.6. The number of rotatable bonds is 0. The Morgan fingerprint density at radius 3 is 3.05 bits per heavy atom. The number of hydrogen-bond donors (Lipinski definition) is 0. The SMILES string of the molecule is c1cc2c(cn1)C[n+]1c-2sc2c3ccncc3oc21. The lowest BCUT2D eigenvalue weighted by atomic mass is 10.2. The van der Waals surface area contributed by atoms with Crippen LogP contribution >= 0.6 is 11.3 Å². The number of fused-ring (bicyclic) bond motifs is 7. The fraction of sp³-hybridized carbons (Fsp3) is 0.0714. The second kappa shape index (κ2) is 3.19. The Morgan fingerprint density at radius 2 is 2.05 bits per heavy atom. The van der Waals surface area contributed by atoms with Crippen molar-refractivity contribution in [3.8, 4) is 10.6 Å². The van der Waals surface area contributed by atoms with Gasteiger partial charge < -0.3 is 4.42 Å². The predicted octanol–water partition coefficient (Wildman–Crippen LogP) is 2.75. The zero-order valence-electron chi connectivity index (χ0n) is 9.83. The maximum absolute atomic E-state index is 5.96. The molecular formula is C14H8N3OS+. The molecule has 0 fully saturated rings. The van der Waals surface area contributed by atoms with Crippen molar-refractivity contribution in [2.24, 2.45) is 0 Å². The molecular weight excluding hydrogens is 258 g/mol. The monoisotopic (exact) mass is 266 g/mol. The number of hydrogen-bond acceptors (Lipinski definition) is 4. The van der Waals surface area contributed by atoms with Crippen molar-refractivity contribution in [3.63, 3.8) is 0 Å². The lowest BCUT2D eigenvalue weighted by Crippen LogP contribution is -2.29. The summed E-state index contributed by atoms with van der Waals surface area (Å²) < 4.78 is 9.39. The molecule has 0 bridgehead atoms. The van der Waals surface area contributed by atoms with E-state index in [1.807, 2.05) is 24.7 Å². The van der Waals surface area contributed by atoms with Gasteiger partial charge in [-0.15, -0.1) is 4.57 Å². The Kier molecular flexibility index (Phi) is 1.62. The van der Waals surface area contributed by atoms with Crippen molar-refractivity contribution in [1.29, 1.82) is 0 Å². The van der Waals surface area contributed by atoms with Gasteiger partial charge in [0.2, 0.25) is 0 Å². The highest BCUT2D eigenvalue weighted by molar-refractivity contribution is 7.22. The minimum atomic E-state index is 0.839.